The van der Waals surface area contributed by atoms with E-state index in [0.29, 0.717) is 12.0 Å². The highest BCUT2D eigenvalue weighted by molar-refractivity contribution is 6.00. The molecule has 1 amide bonds. The Labute approximate surface area is 105 Å². The molecule has 0 fully saturated rings. The Morgan fingerprint density at radius 1 is 1.50 bits per heavy atom. The Kier molecular flexibility index (Phi) is 2.86. The maximum absolute atomic E-state index is 11.5. The summed E-state index contributed by atoms with van der Waals surface area (Å²) in [4.78, 5) is 23.8. The van der Waals surface area contributed by atoms with Crippen LogP contribution in [-0.2, 0) is 21.6 Å². The number of aliphatic carboxylic acids is 1. The average molecular weight is 249 g/mol. The molecule has 5 nitrogen and oxygen atoms in total. The second kappa shape index (κ2) is 4.10. The van der Waals surface area contributed by atoms with E-state index < -0.39 is 11.6 Å². The number of carbonyl (C=O) groups is 2. The predicted octanol–water partition coefficient (Wildman–Crippen LogP) is 0.888. The van der Waals surface area contributed by atoms with E-state index in [0.717, 1.165) is 11.3 Å². The molecule has 1 aromatic carbocycles. The lowest BCUT2D eigenvalue weighted by Crippen LogP contribution is -2.25. The van der Waals surface area contributed by atoms with E-state index in [-0.39, 0.29) is 12.3 Å². The van der Waals surface area contributed by atoms with Gasteiger partial charge in [0.05, 0.1) is 18.4 Å². The molecular weight excluding hydrogens is 234 g/mol. The van der Waals surface area contributed by atoms with E-state index in [1.807, 2.05) is 0 Å². The summed E-state index contributed by atoms with van der Waals surface area (Å²) in [7, 11) is 1.70. The van der Waals surface area contributed by atoms with Gasteiger partial charge in [0.2, 0.25) is 5.91 Å². The minimum absolute atomic E-state index is 0.0000254. The van der Waals surface area contributed by atoms with Gasteiger partial charge in [0, 0.05) is 12.7 Å². The van der Waals surface area contributed by atoms with Crippen molar-refractivity contribution >= 4 is 17.6 Å². The molecule has 0 saturated carbocycles. The van der Waals surface area contributed by atoms with Crippen molar-refractivity contribution in [1.82, 2.24) is 0 Å². The fourth-order valence-corrected chi connectivity index (χ4v) is 2.20. The van der Waals surface area contributed by atoms with Crippen molar-refractivity contribution in [2.24, 2.45) is 0 Å². The largest absolute Gasteiger partial charge is 0.481 e. The summed E-state index contributed by atoms with van der Waals surface area (Å²) in [6.45, 7) is 1.46. The maximum Gasteiger partial charge on any atom is 0.306 e. The molecule has 96 valence electrons. The van der Waals surface area contributed by atoms with Crippen LogP contribution in [0.15, 0.2) is 18.2 Å². The van der Waals surface area contributed by atoms with E-state index >= 15 is 0 Å². The van der Waals surface area contributed by atoms with Crippen LogP contribution in [-0.4, -0.2) is 29.1 Å². The van der Waals surface area contributed by atoms with Crippen LogP contribution in [0.1, 0.15) is 24.5 Å². The Morgan fingerprint density at radius 3 is 2.78 bits per heavy atom. The number of rotatable bonds is 3. The molecule has 1 unspecified atom stereocenters. The van der Waals surface area contributed by atoms with Crippen molar-refractivity contribution < 1.29 is 19.8 Å². The van der Waals surface area contributed by atoms with Gasteiger partial charge in [-0.2, -0.15) is 0 Å². The van der Waals surface area contributed by atoms with Gasteiger partial charge < -0.3 is 15.1 Å². The fraction of sp³-hybridized carbons (Fsp3) is 0.385. The number of anilines is 1. The van der Waals surface area contributed by atoms with Crippen LogP contribution in [0.5, 0.6) is 0 Å². The maximum atomic E-state index is 11.5. The number of nitrogens with zero attached hydrogens (tertiary/aromatic N) is 1. The van der Waals surface area contributed by atoms with E-state index in [1.54, 1.807) is 30.1 Å². The van der Waals surface area contributed by atoms with Gasteiger partial charge in [-0.05, 0) is 24.1 Å². The minimum Gasteiger partial charge on any atom is -0.481 e. The van der Waals surface area contributed by atoms with E-state index in [2.05, 4.69) is 0 Å². The summed E-state index contributed by atoms with van der Waals surface area (Å²) in [5.41, 5.74) is 0.734. The number of fused-ring (bicyclic) bond motifs is 1. The second-order valence-electron chi connectivity index (χ2n) is 4.82. The first-order valence-electron chi connectivity index (χ1n) is 5.65. The van der Waals surface area contributed by atoms with Crippen LogP contribution in [0.25, 0.3) is 0 Å². The van der Waals surface area contributed by atoms with Crippen LogP contribution in [0.3, 0.4) is 0 Å². The van der Waals surface area contributed by atoms with Crippen LogP contribution in [0.4, 0.5) is 5.69 Å². The van der Waals surface area contributed by atoms with Crippen LogP contribution >= 0.6 is 0 Å². The molecule has 1 aliphatic heterocycles. The summed E-state index contributed by atoms with van der Waals surface area (Å²) < 4.78 is 0. The summed E-state index contributed by atoms with van der Waals surface area (Å²) in [6.07, 6.45) is -0.0710. The Bertz CT molecular complexity index is 522. The summed E-state index contributed by atoms with van der Waals surface area (Å²) in [6, 6.07) is 5.11. The third-order valence-electron chi connectivity index (χ3n) is 3.27. The van der Waals surface area contributed by atoms with Crippen LogP contribution < -0.4 is 4.90 Å². The molecule has 0 spiro atoms. The third kappa shape index (κ3) is 2.09. The average Bonchev–Trinajstić information content (AvgIpc) is 2.52. The normalized spacial score (nSPS) is 17.5. The molecule has 2 N–H and O–H groups in total. The van der Waals surface area contributed by atoms with Gasteiger partial charge >= 0.3 is 5.97 Å². The van der Waals surface area contributed by atoms with Crippen LogP contribution in [0.2, 0.25) is 0 Å². The number of carboxylic acid groups (broad SMARTS) is 1. The Balaban J connectivity index is 2.36. The number of benzene rings is 1. The van der Waals surface area contributed by atoms with Crippen molar-refractivity contribution in [2.75, 3.05) is 11.9 Å². The molecular formula is C13H15NO4. The SMILES string of the molecule is CN1C(=O)Cc2cc(C(C)(O)CC(=O)O)ccc21. The molecule has 0 bridgehead atoms. The number of carbonyl (C=O) groups excluding carboxylic acids is 1. The third-order valence-corrected chi connectivity index (χ3v) is 3.27. The zero-order chi connectivity index (χ0) is 13.5. The number of carboxylic acids is 1. The standard InChI is InChI=1S/C13H15NO4/c1-13(18,7-12(16)17)9-3-4-10-8(5-9)6-11(15)14(10)2/h3-5,18H,6-7H2,1-2H3,(H,16,17). The zero-order valence-corrected chi connectivity index (χ0v) is 10.3. The lowest BCUT2D eigenvalue weighted by atomic mass is 9.91. The minimum atomic E-state index is -1.43. The van der Waals surface area contributed by atoms with Gasteiger partial charge in [0.1, 0.15) is 0 Å². The molecule has 0 radical (unpaired) electrons. The Morgan fingerprint density at radius 2 is 2.17 bits per heavy atom. The molecule has 0 aromatic heterocycles. The highest BCUT2D eigenvalue weighted by atomic mass is 16.4. The quantitative estimate of drug-likeness (QED) is 0.833. The molecule has 1 aliphatic rings. The number of hydrogen-bond acceptors (Lipinski definition) is 3. The fourth-order valence-electron chi connectivity index (χ4n) is 2.20. The molecule has 1 heterocycles. The number of likely N-dealkylation sites (N-methyl/N-ethyl adjacent to an activating group) is 1. The van der Waals surface area contributed by atoms with Crippen molar-refractivity contribution in [3.63, 3.8) is 0 Å². The predicted molar refractivity (Wildman–Crippen MR) is 65.4 cm³/mol. The van der Waals surface area contributed by atoms with Crippen molar-refractivity contribution in [1.29, 1.82) is 0 Å². The van der Waals surface area contributed by atoms with Crippen LogP contribution in [0, 0.1) is 0 Å². The van der Waals surface area contributed by atoms with Gasteiger partial charge in [-0.25, -0.2) is 0 Å². The highest BCUT2D eigenvalue weighted by Crippen LogP contribution is 2.33. The van der Waals surface area contributed by atoms with Crippen molar-refractivity contribution in [3.05, 3.63) is 29.3 Å². The molecule has 1 atom stereocenters. The smallest absolute Gasteiger partial charge is 0.306 e. The van der Waals surface area contributed by atoms with Gasteiger partial charge in [0.15, 0.2) is 0 Å². The number of aliphatic hydroxyl groups is 1. The molecule has 1 aromatic rings. The molecule has 0 saturated heterocycles. The topological polar surface area (TPSA) is 77.8 Å². The molecule has 5 heteroatoms. The van der Waals surface area contributed by atoms with Crippen molar-refractivity contribution in [2.45, 2.75) is 25.4 Å². The summed E-state index contributed by atoms with van der Waals surface area (Å²) in [5.74, 6) is -1.06. The number of amides is 1. The molecule has 0 aliphatic carbocycles. The summed E-state index contributed by atoms with van der Waals surface area (Å²) in [5, 5.41) is 18.9. The molecule has 18 heavy (non-hydrogen) atoms. The van der Waals surface area contributed by atoms with E-state index in [9.17, 15) is 14.7 Å². The molecule has 2 rings (SSSR count). The van der Waals surface area contributed by atoms with Gasteiger partial charge in [-0.15, -0.1) is 0 Å². The van der Waals surface area contributed by atoms with E-state index in [1.165, 1.54) is 6.92 Å². The monoisotopic (exact) mass is 249 g/mol. The first-order valence-corrected chi connectivity index (χ1v) is 5.65. The van der Waals surface area contributed by atoms with Crippen molar-refractivity contribution in [3.8, 4) is 0 Å². The first-order chi connectivity index (χ1) is 8.31. The lowest BCUT2D eigenvalue weighted by molar-refractivity contribution is -0.142. The second-order valence-corrected chi connectivity index (χ2v) is 4.82. The lowest BCUT2D eigenvalue weighted by Gasteiger charge is -2.22. The first kappa shape index (κ1) is 12.6. The van der Waals surface area contributed by atoms with Gasteiger partial charge in [-0.3, -0.25) is 9.59 Å². The van der Waals surface area contributed by atoms with Gasteiger partial charge in [0.25, 0.3) is 0 Å². The number of hydrogen-bond donors (Lipinski definition) is 2. The van der Waals surface area contributed by atoms with E-state index in [4.69, 9.17) is 5.11 Å². The Hall–Kier alpha value is -1.88. The van der Waals surface area contributed by atoms with Gasteiger partial charge in [-0.1, -0.05) is 12.1 Å². The zero-order valence-electron chi connectivity index (χ0n) is 10.3. The summed E-state index contributed by atoms with van der Waals surface area (Å²) >= 11 is 0. The highest BCUT2D eigenvalue weighted by Gasteiger charge is 2.30.